The van der Waals surface area contributed by atoms with Crippen LogP contribution in [0.2, 0.25) is 5.02 Å². The van der Waals surface area contributed by atoms with E-state index in [1.54, 1.807) is 49.4 Å². The van der Waals surface area contributed by atoms with Gasteiger partial charge >= 0.3 is 0 Å². The number of sulfonamides is 1. The standard InChI is InChI=1S/C21H18ClFN2O4S/c1-14-6-9-17(24-21(26)13-29-19-5-3-2-4-18(19)23)12-20(14)30(27,28)25-16-10-7-15(22)8-11-16/h2-12,25H,13H2,1H3,(H,24,26). The Morgan fingerprint density at radius 1 is 1.03 bits per heavy atom. The summed E-state index contributed by atoms with van der Waals surface area (Å²) in [5, 5.41) is 3.03. The number of para-hydroxylation sites is 1. The average Bonchev–Trinajstić information content (AvgIpc) is 2.70. The first-order valence-corrected chi connectivity index (χ1v) is 10.7. The highest BCUT2D eigenvalue weighted by atomic mass is 35.5. The average molecular weight is 449 g/mol. The molecule has 30 heavy (non-hydrogen) atoms. The molecular formula is C21H18ClFN2O4S. The second kappa shape index (κ2) is 9.15. The molecule has 6 nitrogen and oxygen atoms in total. The predicted molar refractivity (Wildman–Crippen MR) is 114 cm³/mol. The number of nitrogens with one attached hydrogen (secondary N) is 2. The van der Waals surface area contributed by atoms with Crippen LogP contribution in [0.25, 0.3) is 0 Å². The van der Waals surface area contributed by atoms with Gasteiger partial charge in [-0.3, -0.25) is 9.52 Å². The molecule has 0 heterocycles. The van der Waals surface area contributed by atoms with Crippen LogP contribution in [0, 0.1) is 12.7 Å². The number of carbonyl (C=O) groups excluding carboxylic acids is 1. The molecule has 0 fully saturated rings. The molecule has 0 saturated carbocycles. The Morgan fingerprint density at radius 3 is 2.40 bits per heavy atom. The molecule has 0 aromatic heterocycles. The van der Waals surface area contributed by atoms with E-state index in [4.69, 9.17) is 16.3 Å². The van der Waals surface area contributed by atoms with Crippen molar-refractivity contribution < 1.29 is 22.3 Å². The normalized spacial score (nSPS) is 11.0. The number of anilines is 2. The molecule has 3 aromatic carbocycles. The first-order chi connectivity index (χ1) is 14.2. The summed E-state index contributed by atoms with van der Waals surface area (Å²) in [5.74, 6) is -1.19. The minimum absolute atomic E-state index is 0.00488. The smallest absolute Gasteiger partial charge is 0.262 e. The van der Waals surface area contributed by atoms with Crippen molar-refractivity contribution in [1.82, 2.24) is 0 Å². The fourth-order valence-corrected chi connectivity index (χ4v) is 4.05. The second-order valence-electron chi connectivity index (χ2n) is 6.36. The third-order valence-corrected chi connectivity index (χ3v) is 5.83. The van der Waals surface area contributed by atoms with Gasteiger partial charge in [0.15, 0.2) is 18.2 Å². The summed E-state index contributed by atoms with van der Waals surface area (Å²) in [6.45, 7) is 1.21. The number of aryl methyl sites for hydroxylation is 1. The summed E-state index contributed by atoms with van der Waals surface area (Å²) in [4.78, 5) is 12.1. The van der Waals surface area contributed by atoms with E-state index in [0.717, 1.165) is 0 Å². The molecule has 3 aromatic rings. The molecule has 0 bridgehead atoms. The number of halogens is 2. The lowest BCUT2D eigenvalue weighted by atomic mass is 10.2. The topological polar surface area (TPSA) is 84.5 Å². The third kappa shape index (κ3) is 5.49. The zero-order valence-corrected chi connectivity index (χ0v) is 17.4. The Labute approximate surface area is 178 Å². The minimum atomic E-state index is -3.90. The van der Waals surface area contributed by atoms with Gasteiger partial charge in [-0.25, -0.2) is 12.8 Å². The molecule has 0 spiro atoms. The van der Waals surface area contributed by atoms with Crippen LogP contribution in [0.15, 0.2) is 71.6 Å². The van der Waals surface area contributed by atoms with Gasteiger partial charge in [-0.15, -0.1) is 0 Å². The van der Waals surface area contributed by atoms with Crippen LogP contribution in [0.5, 0.6) is 5.75 Å². The van der Waals surface area contributed by atoms with E-state index >= 15 is 0 Å². The molecule has 3 rings (SSSR count). The minimum Gasteiger partial charge on any atom is -0.481 e. The van der Waals surface area contributed by atoms with Gasteiger partial charge in [0.1, 0.15) is 0 Å². The van der Waals surface area contributed by atoms with Crippen molar-refractivity contribution in [3.63, 3.8) is 0 Å². The van der Waals surface area contributed by atoms with E-state index in [0.29, 0.717) is 16.3 Å². The van der Waals surface area contributed by atoms with Crippen LogP contribution in [0.4, 0.5) is 15.8 Å². The number of amides is 1. The first kappa shape index (κ1) is 21.6. The fourth-order valence-electron chi connectivity index (χ4n) is 2.60. The Bertz CT molecular complexity index is 1170. The van der Waals surface area contributed by atoms with Crippen LogP contribution in [-0.2, 0) is 14.8 Å². The van der Waals surface area contributed by atoms with Crippen LogP contribution in [0.3, 0.4) is 0 Å². The van der Waals surface area contributed by atoms with Gasteiger partial charge in [0.05, 0.1) is 4.90 Å². The molecule has 0 radical (unpaired) electrons. The summed E-state index contributed by atoms with van der Waals surface area (Å²) < 4.78 is 46.7. The molecular weight excluding hydrogens is 431 g/mol. The zero-order chi connectivity index (χ0) is 21.7. The highest BCUT2D eigenvalue weighted by Gasteiger charge is 2.18. The van der Waals surface area contributed by atoms with Crippen molar-refractivity contribution in [2.75, 3.05) is 16.6 Å². The lowest BCUT2D eigenvalue weighted by Crippen LogP contribution is -2.21. The molecule has 0 atom stereocenters. The lowest BCUT2D eigenvalue weighted by Gasteiger charge is -2.13. The predicted octanol–water partition coefficient (Wildman–Crippen LogP) is 4.61. The summed E-state index contributed by atoms with van der Waals surface area (Å²) in [5.41, 5.74) is 1.11. The molecule has 0 unspecified atom stereocenters. The largest absolute Gasteiger partial charge is 0.481 e. The number of hydrogen-bond donors (Lipinski definition) is 2. The van der Waals surface area contributed by atoms with E-state index in [9.17, 15) is 17.6 Å². The highest BCUT2D eigenvalue weighted by molar-refractivity contribution is 7.92. The van der Waals surface area contributed by atoms with Crippen molar-refractivity contribution in [2.24, 2.45) is 0 Å². The maximum atomic E-state index is 13.6. The van der Waals surface area contributed by atoms with Crippen molar-refractivity contribution in [3.05, 3.63) is 83.1 Å². The molecule has 9 heteroatoms. The van der Waals surface area contributed by atoms with Crippen molar-refractivity contribution in [2.45, 2.75) is 11.8 Å². The molecule has 1 amide bonds. The maximum Gasteiger partial charge on any atom is 0.262 e. The summed E-state index contributed by atoms with van der Waals surface area (Å²) in [6.07, 6.45) is 0. The van der Waals surface area contributed by atoms with Crippen LogP contribution < -0.4 is 14.8 Å². The monoisotopic (exact) mass is 448 g/mol. The third-order valence-electron chi connectivity index (χ3n) is 4.05. The molecule has 0 aliphatic carbocycles. The molecule has 0 aliphatic heterocycles. The van der Waals surface area contributed by atoms with Gasteiger partial charge in [0, 0.05) is 16.4 Å². The van der Waals surface area contributed by atoms with E-state index in [-0.39, 0.29) is 16.3 Å². The lowest BCUT2D eigenvalue weighted by molar-refractivity contribution is -0.118. The van der Waals surface area contributed by atoms with Crippen LogP contribution in [-0.4, -0.2) is 20.9 Å². The van der Waals surface area contributed by atoms with E-state index in [1.165, 1.54) is 24.3 Å². The Hall–Kier alpha value is -3.10. The quantitative estimate of drug-likeness (QED) is 0.553. The van der Waals surface area contributed by atoms with E-state index < -0.39 is 28.4 Å². The van der Waals surface area contributed by atoms with Crippen molar-refractivity contribution in [1.29, 1.82) is 0 Å². The molecule has 0 saturated heterocycles. The molecule has 2 N–H and O–H groups in total. The van der Waals surface area contributed by atoms with E-state index in [2.05, 4.69) is 10.0 Å². The van der Waals surface area contributed by atoms with Gasteiger partial charge in [0.2, 0.25) is 0 Å². The number of carbonyl (C=O) groups is 1. The molecule has 156 valence electrons. The van der Waals surface area contributed by atoms with Crippen LogP contribution >= 0.6 is 11.6 Å². The Morgan fingerprint density at radius 2 is 1.70 bits per heavy atom. The number of rotatable bonds is 7. The Balaban J connectivity index is 1.71. The Kier molecular flexibility index (Phi) is 6.59. The number of ether oxygens (including phenoxy) is 1. The first-order valence-electron chi connectivity index (χ1n) is 8.81. The fraction of sp³-hybridized carbons (Fsp3) is 0.0952. The molecule has 0 aliphatic rings. The summed E-state index contributed by atoms with van der Waals surface area (Å²) in [6, 6.07) is 16.4. The number of hydrogen-bond acceptors (Lipinski definition) is 4. The van der Waals surface area contributed by atoms with Gasteiger partial charge in [0.25, 0.3) is 15.9 Å². The number of benzene rings is 3. The van der Waals surface area contributed by atoms with Gasteiger partial charge in [-0.2, -0.15) is 0 Å². The zero-order valence-electron chi connectivity index (χ0n) is 15.9. The maximum absolute atomic E-state index is 13.6. The van der Waals surface area contributed by atoms with Gasteiger partial charge in [-0.1, -0.05) is 29.8 Å². The highest BCUT2D eigenvalue weighted by Crippen LogP contribution is 2.24. The van der Waals surface area contributed by atoms with Crippen LogP contribution in [0.1, 0.15) is 5.56 Å². The summed E-state index contributed by atoms with van der Waals surface area (Å²) in [7, 11) is -3.90. The SMILES string of the molecule is Cc1ccc(NC(=O)COc2ccccc2F)cc1S(=O)(=O)Nc1ccc(Cl)cc1. The van der Waals surface area contributed by atoms with Crippen molar-refractivity contribution >= 4 is 38.9 Å². The van der Waals surface area contributed by atoms with Gasteiger partial charge in [-0.05, 0) is 61.0 Å². The summed E-state index contributed by atoms with van der Waals surface area (Å²) >= 11 is 5.82. The van der Waals surface area contributed by atoms with E-state index in [1.807, 2.05) is 0 Å². The van der Waals surface area contributed by atoms with Crippen molar-refractivity contribution in [3.8, 4) is 5.75 Å². The van der Waals surface area contributed by atoms with Gasteiger partial charge < -0.3 is 10.1 Å². The second-order valence-corrected chi connectivity index (χ2v) is 8.45.